The van der Waals surface area contributed by atoms with Gasteiger partial charge in [0, 0.05) is 16.8 Å². The summed E-state index contributed by atoms with van der Waals surface area (Å²) < 4.78 is 0. The average Bonchev–Trinajstić information content (AvgIpc) is 3.06. The minimum Gasteiger partial charge on any atom is -0.745 e. The van der Waals surface area contributed by atoms with Gasteiger partial charge in [0.1, 0.15) is 0 Å². The Kier molecular flexibility index (Phi) is 8.44. The molecule has 0 unspecified atom stereocenters. The Morgan fingerprint density at radius 1 is 0.667 bits per heavy atom. The van der Waals surface area contributed by atoms with Crippen LogP contribution in [0, 0.1) is 0 Å². The molecular weight excluding hydrogens is 371 g/mol. The van der Waals surface area contributed by atoms with E-state index in [1.54, 1.807) is 0 Å². The van der Waals surface area contributed by atoms with Crippen molar-refractivity contribution < 1.29 is 16.8 Å². The Balaban J connectivity index is 0.000000483. The van der Waals surface area contributed by atoms with Crippen molar-refractivity contribution in [3.05, 3.63) is 58.7 Å². The summed E-state index contributed by atoms with van der Waals surface area (Å²) in [7, 11) is 0. The van der Waals surface area contributed by atoms with Crippen LogP contribution in [0.15, 0.2) is 36.4 Å². The van der Waals surface area contributed by atoms with E-state index in [9.17, 15) is 0 Å². The van der Waals surface area contributed by atoms with Gasteiger partial charge in [-0.25, -0.2) is 16.9 Å². The summed E-state index contributed by atoms with van der Waals surface area (Å²) in [6, 6.07) is 13.7. The minimum atomic E-state index is 0. The molecule has 0 spiro atoms. The monoisotopic (exact) mass is 413 g/mol. The van der Waals surface area contributed by atoms with E-state index in [1.165, 1.54) is 22.3 Å². The number of hydrogen-bond acceptors (Lipinski definition) is 0. The maximum absolute atomic E-state index is 2.33. The Labute approximate surface area is 180 Å². The second-order valence-corrected chi connectivity index (χ2v) is 11.8. The van der Waals surface area contributed by atoms with Crippen LogP contribution in [0.3, 0.4) is 0 Å². The van der Waals surface area contributed by atoms with E-state index >= 15 is 0 Å². The van der Waals surface area contributed by atoms with E-state index in [0.29, 0.717) is 0 Å². The van der Waals surface area contributed by atoms with E-state index in [4.69, 9.17) is 0 Å². The van der Waals surface area contributed by atoms with Crippen molar-refractivity contribution in [1.29, 1.82) is 0 Å². The SMILES string of the molecule is CC(C)(C)[c-]1[cH-][cH-][c-](C(C)(C)C)[cH-]1.CC(C)(C)c1cc[c-](C(C)(C)C)c1.[Co]. The zero-order valence-electron chi connectivity index (χ0n) is 19.8. The molecular formula is C26H42Co-6. The second kappa shape index (κ2) is 8.70. The van der Waals surface area contributed by atoms with Gasteiger partial charge in [-0.3, -0.25) is 0 Å². The summed E-state index contributed by atoms with van der Waals surface area (Å²) in [6.07, 6.45) is 0. The Morgan fingerprint density at radius 3 is 1.26 bits per heavy atom. The van der Waals surface area contributed by atoms with Crippen LogP contribution in [0.5, 0.6) is 0 Å². The van der Waals surface area contributed by atoms with E-state index in [-0.39, 0.29) is 38.4 Å². The normalized spacial score (nSPS) is 12.9. The van der Waals surface area contributed by atoms with Gasteiger partial charge in [0.2, 0.25) is 0 Å². The quantitative estimate of drug-likeness (QED) is 0.384. The molecule has 0 aromatic heterocycles. The van der Waals surface area contributed by atoms with Crippen LogP contribution in [0.1, 0.15) is 105 Å². The molecule has 1 heteroatoms. The van der Waals surface area contributed by atoms with Gasteiger partial charge in [-0.15, -0.1) is 0 Å². The summed E-state index contributed by atoms with van der Waals surface area (Å²) >= 11 is 0. The summed E-state index contributed by atoms with van der Waals surface area (Å²) in [5, 5.41) is 0. The molecule has 0 aliphatic carbocycles. The zero-order valence-corrected chi connectivity index (χ0v) is 20.8. The summed E-state index contributed by atoms with van der Waals surface area (Å²) in [6.45, 7) is 27.1. The summed E-state index contributed by atoms with van der Waals surface area (Å²) in [4.78, 5) is 0. The summed E-state index contributed by atoms with van der Waals surface area (Å²) in [5.74, 6) is 0. The van der Waals surface area contributed by atoms with Gasteiger partial charge in [0.15, 0.2) is 0 Å². The van der Waals surface area contributed by atoms with Gasteiger partial charge in [0.05, 0.1) is 0 Å². The molecule has 2 aromatic rings. The van der Waals surface area contributed by atoms with Crippen LogP contribution in [0.25, 0.3) is 0 Å². The Hall–Kier alpha value is -0.794. The maximum atomic E-state index is 2.33. The third-order valence-electron chi connectivity index (χ3n) is 4.97. The van der Waals surface area contributed by atoms with Crippen LogP contribution >= 0.6 is 0 Å². The van der Waals surface area contributed by atoms with E-state index < -0.39 is 0 Å². The molecule has 0 amide bonds. The standard InChI is InChI=1S/2C13H21.Co/c2*1-12(2,3)10-7-8-11(9-10)13(4,5)6;/h2*7-9H,1-6H3;/q-5;-1;. The largest absolute Gasteiger partial charge is 0.745 e. The smallest absolute Gasteiger partial charge is 0 e. The second-order valence-electron chi connectivity index (χ2n) is 11.8. The van der Waals surface area contributed by atoms with Gasteiger partial charge in [-0.1, -0.05) is 93.9 Å². The van der Waals surface area contributed by atoms with Gasteiger partial charge < -0.3 is 29.3 Å². The molecule has 1 radical (unpaired) electrons. The molecule has 0 atom stereocenters. The van der Waals surface area contributed by atoms with Crippen molar-refractivity contribution in [2.75, 3.05) is 0 Å². The molecule has 2 rings (SSSR count). The van der Waals surface area contributed by atoms with Crippen LogP contribution < -0.4 is 0 Å². The molecule has 0 saturated heterocycles. The fourth-order valence-corrected chi connectivity index (χ4v) is 2.75. The molecule has 0 bridgehead atoms. The molecule has 0 nitrogen and oxygen atoms in total. The third kappa shape index (κ3) is 7.99. The molecule has 0 aliphatic rings. The molecule has 0 aliphatic heterocycles. The van der Waals surface area contributed by atoms with E-state index in [1.807, 2.05) is 0 Å². The number of hydrogen-bond donors (Lipinski definition) is 0. The average molecular weight is 414 g/mol. The third-order valence-corrected chi connectivity index (χ3v) is 4.97. The van der Waals surface area contributed by atoms with Gasteiger partial charge >= 0.3 is 0 Å². The van der Waals surface area contributed by atoms with Crippen molar-refractivity contribution in [2.45, 2.75) is 105 Å². The Bertz CT molecular complexity index is 563. The minimum absolute atomic E-state index is 0. The topological polar surface area (TPSA) is 0 Å². The first-order chi connectivity index (χ1) is 11.4. The zero-order chi connectivity index (χ0) is 20.6. The first-order valence-electron chi connectivity index (χ1n) is 9.98. The predicted molar refractivity (Wildman–Crippen MR) is 119 cm³/mol. The van der Waals surface area contributed by atoms with E-state index in [0.717, 1.165) is 0 Å². The molecule has 0 fully saturated rings. The van der Waals surface area contributed by atoms with E-state index in [2.05, 4.69) is 119 Å². The van der Waals surface area contributed by atoms with Crippen LogP contribution in [0.2, 0.25) is 0 Å². The van der Waals surface area contributed by atoms with Crippen molar-refractivity contribution in [2.24, 2.45) is 0 Å². The fraction of sp³-hybridized carbons (Fsp3) is 0.615. The molecule has 0 heterocycles. The first-order valence-corrected chi connectivity index (χ1v) is 9.98. The molecule has 0 N–H and O–H groups in total. The fourth-order valence-electron chi connectivity index (χ4n) is 2.75. The molecule has 0 saturated carbocycles. The number of rotatable bonds is 0. The van der Waals surface area contributed by atoms with Gasteiger partial charge in [0.25, 0.3) is 0 Å². The van der Waals surface area contributed by atoms with Crippen molar-refractivity contribution in [3.63, 3.8) is 0 Å². The predicted octanol–water partition coefficient (Wildman–Crippen LogP) is 8.00. The van der Waals surface area contributed by atoms with Crippen molar-refractivity contribution >= 4 is 0 Å². The summed E-state index contributed by atoms with van der Waals surface area (Å²) in [5.41, 5.74) is 6.89. The molecule has 2 aromatic carbocycles. The van der Waals surface area contributed by atoms with Gasteiger partial charge in [-0.05, 0) is 0 Å². The molecule has 161 valence electrons. The van der Waals surface area contributed by atoms with Crippen LogP contribution in [-0.2, 0) is 38.4 Å². The van der Waals surface area contributed by atoms with Gasteiger partial charge in [-0.2, -0.15) is 23.3 Å². The van der Waals surface area contributed by atoms with Crippen LogP contribution in [0.4, 0.5) is 0 Å². The van der Waals surface area contributed by atoms with Crippen LogP contribution in [-0.4, -0.2) is 0 Å². The van der Waals surface area contributed by atoms with Crippen molar-refractivity contribution in [3.8, 4) is 0 Å². The molecule has 27 heavy (non-hydrogen) atoms. The Morgan fingerprint density at radius 2 is 1.07 bits per heavy atom. The maximum Gasteiger partial charge on any atom is 0 e. The van der Waals surface area contributed by atoms with Crippen molar-refractivity contribution in [1.82, 2.24) is 0 Å². The first kappa shape index (κ1) is 26.2.